The Morgan fingerprint density at radius 1 is 1.04 bits per heavy atom. The Morgan fingerprint density at radius 3 is 2.38 bits per heavy atom. The van der Waals surface area contributed by atoms with Gasteiger partial charge in [-0.25, -0.2) is 14.8 Å². The molecule has 1 heterocycles. The third-order valence-electron chi connectivity index (χ3n) is 2.94. The van der Waals surface area contributed by atoms with Crippen LogP contribution in [0.4, 0.5) is 0 Å². The molecule has 0 fully saturated rings. The molecule has 1 aromatic carbocycles. The van der Waals surface area contributed by atoms with Gasteiger partial charge in [0.05, 0.1) is 21.3 Å². The van der Waals surface area contributed by atoms with Gasteiger partial charge in [-0.05, 0) is 6.07 Å². The second-order valence-electron chi connectivity index (χ2n) is 4.34. The van der Waals surface area contributed by atoms with Crippen LogP contribution in [-0.2, 0) is 19.0 Å². The predicted octanol–water partition coefficient (Wildman–Crippen LogP) is 3.06. The maximum atomic E-state index is 12.2. The number of para-hydroxylation sites is 1. The van der Waals surface area contributed by atoms with Gasteiger partial charge in [0.2, 0.25) is 5.88 Å². The zero-order valence-electron chi connectivity index (χ0n) is 13.3. The fourth-order valence-corrected chi connectivity index (χ4v) is 2.08. The van der Waals surface area contributed by atoms with Crippen LogP contribution in [0.15, 0.2) is 42.6 Å². The van der Waals surface area contributed by atoms with Gasteiger partial charge in [0.15, 0.2) is 5.57 Å². The van der Waals surface area contributed by atoms with Crippen molar-refractivity contribution >= 4 is 23.1 Å². The van der Waals surface area contributed by atoms with Crippen molar-refractivity contribution in [2.45, 2.75) is 0 Å². The van der Waals surface area contributed by atoms with Gasteiger partial charge in [0.1, 0.15) is 17.2 Å². The van der Waals surface area contributed by atoms with Gasteiger partial charge in [-0.1, -0.05) is 29.8 Å². The normalized spacial score (nSPS) is 9.83. The lowest BCUT2D eigenvalue weighted by molar-refractivity contribution is -0.134. The molecule has 1 aromatic heterocycles. The SMILES string of the molecule is COC(=O)C(=C(OC)OC)c1ccccc1Oc1cc(Cl)ncn1. The monoisotopic (exact) mass is 350 g/mol. The van der Waals surface area contributed by atoms with E-state index in [2.05, 4.69) is 9.97 Å². The molecule has 0 aliphatic rings. The van der Waals surface area contributed by atoms with Crippen molar-refractivity contribution in [3.05, 3.63) is 53.3 Å². The Bertz CT molecular complexity index is 758. The first-order valence-electron chi connectivity index (χ1n) is 6.76. The Kier molecular flexibility index (Phi) is 5.97. The summed E-state index contributed by atoms with van der Waals surface area (Å²) < 4.78 is 20.8. The molecule has 7 nitrogen and oxygen atoms in total. The summed E-state index contributed by atoms with van der Waals surface area (Å²) in [5.74, 6) is -0.0635. The number of carbonyl (C=O) groups excluding carboxylic acids is 1. The minimum absolute atomic E-state index is 0.00128. The number of hydrogen-bond donors (Lipinski definition) is 0. The van der Waals surface area contributed by atoms with Gasteiger partial charge >= 0.3 is 5.97 Å². The van der Waals surface area contributed by atoms with Gasteiger partial charge in [-0.15, -0.1) is 0 Å². The molecular formula is C16H15ClN2O5. The van der Waals surface area contributed by atoms with E-state index < -0.39 is 5.97 Å². The Labute approximate surface area is 143 Å². The Balaban J connectivity index is 2.53. The van der Waals surface area contributed by atoms with Crippen molar-refractivity contribution < 1.29 is 23.7 Å². The molecule has 0 aliphatic carbocycles. The zero-order chi connectivity index (χ0) is 17.5. The van der Waals surface area contributed by atoms with Gasteiger partial charge in [0.25, 0.3) is 5.95 Å². The van der Waals surface area contributed by atoms with E-state index in [0.717, 1.165) is 0 Å². The van der Waals surface area contributed by atoms with Crippen molar-refractivity contribution in [2.24, 2.45) is 0 Å². The molecule has 0 saturated heterocycles. The molecule has 2 rings (SSSR count). The number of methoxy groups -OCH3 is 3. The van der Waals surface area contributed by atoms with E-state index in [1.807, 2.05) is 0 Å². The smallest absolute Gasteiger partial charge is 0.345 e. The van der Waals surface area contributed by atoms with Crippen LogP contribution in [-0.4, -0.2) is 37.3 Å². The molecule has 0 bridgehead atoms. The number of rotatable bonds is 6. The van der Waals surface area contributed by atoms with Crippen LogP contribution in [0.1, 0.15) is 5.56 Å². The molecule has 0 N–H and O–H groups in total. The molecule has 8 heteroatoms. The number of nitrogens with zero attached hydrogens (tertiary/aromatic N) is 2. The second-order valence-corrected chi connectivity index (χ2v) is 4.73. The molecule has 0 unspecified atom stereocenters. The molecule has 0 spiro atoms. The average molecular weight is 351 g/mol. The lowest BCUT2D eigenvalue weighted by Crippen LogP contribution is -2.10. The fraction of sp³-hybridized carbons (Fsp3) is 0.188. The number of carbonyl (C=O) groups is 1. The summed E-state index contributed by atoms with van der Waals surface area (Å²) in [4.78, 5) is 19.9. The molecule has 126 valence electrons. The number of benzene rings is 1. The van der Waals surface area contributed by atoms with E-state index in [9.17, 15) is 4.79 Å². The van der Waals surface area contributed by atoms with Crippen molar-refractivity contribution in [1.29, 1.82) is 0 Å². The Hall–Kier alpha value is -2.80. The third-order valence-corrected chi connectivity index (χ3v) is 3.15. The highest BCUT2D eigenvalue weighted by atomic mass is 35.5. The Morgan fingerprint density at radius 2 is 1.75 bits per heavy atom. The molecule has 0 atom stereocenters. The van der Waals surface area contributed by atoms with E-state index in [0.29, 0.717) is 11.3 Å². The summed E-state index contributed by atoms with van der Waals surface area (Å²) in [6.45, 7) is 0. The van der Waals surface area contributed by atoms with Gasteiger partial charge < -0.3 is 18.9 Å². The molecule has 0 amide bonds. The van der Waals surface area contributed by atoms with Crippen molar-refractivity contribution in [1.82, 2.24) is 9.97 Å². The van der Waals surface area contributed by atoms with Gasteiger partial charge in [-0.2, -0.15) is 0 Å². The highest BCUT2D eigenvalue weighted by molar-refractivity contribution is 6.29. The summed E-state index contributed by atoms with van der Waals surface area (Å²) in [5.41, 5.74) is 0.496. The number of aromatic nitrogens is 2. The molecular weight excluding hydrogens is 336 g/mol. The third kappa shape index (κ3) is 3.94. The van der Waals surface area contributed by atoms with Crippen LogP contribution in [0.5, 0.6) is 11.6 Å². The first-order chi connectivity index (χ1) is 11.6. The van der Waals surface area contributed by atoms with Crippen LogP contribution < -0.4 is 4.74 Å². The summed E-state index contributed by atoms with van der Waals surface area (Å²) in [7, 11) is 4.03. The minimum atomic E-state index is -0.634. The van der Waals surface area contributed by atoms with Crippen molar-refractivity contribution in [3.63, 3.8) is 0 Å². The van der Waals surface area contributed by atoms with Crippen molar-refractivity contribution in [2.75, 3.05) is 21.3 Å². The minimum Gasteiger partial charge on any atom is -0.468 e. The number of ether oxygens (including phenoxy) is 4. The van der Waals surface area contributed by atoms with E-state index >= 15 is 0 Å². The van der Waals surface area contributed by atoms with Crippen LogP contribution in [0.3, 0.4) is 0 Å². The highest BCUT2D eigenvalue weighted by Crippen LogP contribution is 2.32. The maximum Gasteiger partial charge on any atom is 0.345 e. The summed E-state index contributed by atoms with van der Waals surface area (Å²) >= 11 is 5.83. The van der Waals surface area contributed by atoms with Crippen LogP contribution in [0.25, 0.3) is 5.57 Å². The lowest BCUT2D eigenvalue weighted by Gasteiger charge is -2.14. The highest BCUT2D eigenvalue weighted by Gasteiger charge is 2.24. The maximum absolute atomic E-state index is 12.2. The van der Waals surface area contributed by atoms with E-state index in [1.54, 1.807) is 24.3 Å². The summed E-state index contributed by atoms with van der Waals surface area (Å²) in [6.07, 6.45) is 1.27. The zero-order valence-corrected chi connectivity index (χ0v) is 14.0. The van der Waals surface area contributed by atoms with E-state index in [1.165, 1.54) is 33.7 Å². The second kappa shape index (κ2) is 8.16. The quantitative estimate of drug-likeness (QED) is 0.343. The topological polar surface area (TPSA) is 79.8 Å². The molecule has 24 heavy (non-hydrogen) atoms. The average Bonchev–Trinajstić information content (AvgIpc) is 2.60. The van der Waals surface area contributed by atoms with E-state index in [4.69, 9.17) is 30.5 Å². The summed E-state index contributed by atoms with van der Waals surface area (Å²) in [5, 5.41) is 0.232. The van der Waals surface area contributed by atoms with E-state index in [-0.39, 0.29) is 22.6 Å². The van der Waals surface area contributed by atoms with Crippen LogP contribution in [0, 0.1) is 0 Å². The van der Waals surface area contributed by atoms with Gasteiger partial charge in [0, 0.05) is 11.6 Å². The first-order valence-corrected chi connectivity index (χ1v) is 7.13. The standard InChI is InChI=1S/C16H15ClN2O5/c1-21-15(20)14(16(22-2)23-3)10-6-4-5-7-11(10)24-13-8-12(17)18-9-19-13/h4-9H,1-3H3. The number of hydrogen-bond acceptors (Lipinski definition) is 7. The molecule has 0 radical (unpaired) electrons. The lowest BCUT2D eigenvalue weighted by atomic mass is 10.1. The fourth-order valence-electron chi connectivity index (χ4n) is 1.94. The number of esters is 1. The predicted molar refractivity (Wildman–Crippen MR) is 86.5 cm³/mol. The van der Waals surface area contributed by atoms with Crippen LogP contribution >= 0.6 is 11.6 Å². The first kappa shape index (κ1) is 17.6. The van der Waals surface area contributed by atoms with Gasteiger partial charge in [-0.3, -0.25) is 0 Å². The van der Waals surface area contributed by atoms with Crippen LogP contribution in [0.2, 0.25) is 5.15 Å². The molecule has 0 aliphatic heterocycles. The summed E-state index contributed by atoms with van der Waals surface area (Å²) in [6, 6.07) is 8.27. The molecule has 2 aromatic rings. The largest absolute Gasteiger partial charge is 0.468 e. The van der Waals surface area contributed by atoms with Crippen molar-refractivity contribution in [3.8, 4) is 11.6 Å². The number of halogens is 1. The molecule has 0 saturated carbocycles.